The van der Waals surface area contributed by atoms with Gasteiger partial charge < -0.3 is 20.1 Å². The number of rotatable bonds is 6. The first-order chi connectivity index (χ1) is 19.9. The summed E-state index contributed by atoms with van der Waals surface area (Å²) in [4.78, 5) is 24.3. The molecule has 5 rings (SSSR count). The number of nitrogens with two attached hydrogens (primary N) is 1. The van der Waals surface area contributed by atoms with Gasteiger partial charge in [0.05, 0.1) is 30.1 Å². The Morgan fingerprint density at radius 1 is 1.26 bits per heavy atom. The number of amides is 1. The number of pyridine rings is 1. The lowest BCUT2D eigenvalue weighted by Gasteiger charge is -2.37. The molecule has 1 unspecified atom stereocenters. The van der Waals surface area contributed by atoms with Gasteiger partial charge in [-0.05, 0) is 76.9 Å². The van der Waals surface area contributed by atoms with Crippen molar-refractivity contribution in [1.82, 2.24) is 14.9 Å². The van der Waals surface area contributed by atoms with Crippen LogP contribution in [-0.4, -0.2) is 70.3 Å². The number of hydrogen-bond donors (Lipinski definition) is 1. The normalized spacial score (nSPS) is 17.8. The quantitative estimate of drug-likeness (QED) is 0.328. The third-order valence-corrected chi connectivity index (χ3v) is 7.80. The highest BCUT2D eigenvalue weighted by molar-refractivity contribution is 7.18. The monoisotopic (exact) mass is 592 g/mol. The van der Waals surface area contributed by atoms with Crippen molar-refractivity contribution < 1.29 is 18.7 Å². The Morgan fingerprint density at radius 2 is 2.05 bits per heavy atom. The molecule has 1 saturated heterocycles. The number of hydrogen-bond acceptors (Lipinski definition) is 9. The third-order valence-electron chi connectivity index (χ3n) is 6.87. The van der Waals surface area contributed by atoms with Crippen LogP contribution < -0.4 is 10.5 Å². The minimum absolute atomic E-state index is 0.0241. The molecule has 1 atom stereocenters. The molecule has 2 aliphatic rings. The Hall–Kier alpha value is -3.99. The summed E-state index contributed by atoms with van der Waals surface area (Å²) in [7, 11) is 0. The van der Waals surface area contributed by atoms with Crippen LogP contribution in [0.5, 0.6) is 5.75 Å². The fraction of sp³-hybridized carbons (Fsp3) is 0.419. The Labute approximate surface area is 249 Å². The molecule has 42 heavy (non-hydrogen) atoms. The molecular weight excluding hydrogens is 555 g/mol. The molecular formula is C31H37FN6O3S. The number of halogens is 1. The molecule has 1 fully saturated rings. The van der Waals surface area contributed by atoms with E-state index in [2.05, 4.69) is 4.99 Å². The first-order valence-electron chi connectivity index (χ1n) is 14.1. The maximum absolute atomic E-state index is 14.4. The average Bonchev–Trinajstić information content (AvgIpc) is 3.57. The fourth-order valence-electron chi connectivity index (χ4n) is 5.03. The standard InChI is InChI=1S/C31H37FN6O3S/c1-18(2)40-25-13-20(32)7-8-22(25)26-27(35-29(34-16-19(3)15-33)23-9-12-42-28(23)26)24-14-21-17-37(10-11-38(21)36-24)30(39)41-31(4,5)6/h7-9,12-13,15-16,18,21H,10-11,14,17,33H2,1-6H3. The van der Waals surface area contributed by atoms with E-state index in [-0.39, 0.29) is 24.1 Å². The number of allylic oxidation sites excluding steroid dienone is 1. The largest absolute Gasteiger partial charge is 0.490 e. The topological polar surface area (TPSA) is 106 Å². The lowest BCUT2D eigenvalue weighted by molar-refractivity contribution is 0.00725. The van der Waals surface area contributed by atoms with Crippen LogP contribution in [0.25, 0.3) is 21.2 Å². The van der Waals surface area contributed by atoms with E-state index in [1.807, 2.05) is 58.0 Å². The molecule has 2 N–H and O–H groups in total. The molecule has 0 radical (unpaired) electrons. The highest BCUT2D eigenvalue weighted by Crippen LogP contribution is 2.44. The van der Waals surface area contributed by atoms with Gasteiger partial charge >= 0.3 is 6.09 Å². The zero-order valence-corrected chi connectivity index (χ0v) is 25.7. The lowest BCUT2D eigenvalue weighted by Crippen LogP contribution is -2.52. The van der Waals surface area contributed by atoms with Crippen molar-refractivity contribution in [3.05, 3.63) is 52.9 Å². The predicted octanol–water partition coefficient (Wildman–Crippen LogP) is 6.48. The zero-order chi connectivity index (χ0) is 30.2. The van der Waals surface area contributed by atoms with E-state index in [1.165, 1.54) is 18.3 Å². The molecule has 2 aliphatic heterocycles. The smallest absolute Gasteiger partial charge is 0.410 e. The molecule has 11 heteroatoms. The molecule has 0 aliphatic carbocycles. The van der Waals surface area contributed by atoms with E-state index in [4.69, 9.17) is 25.3 Å². The van der Waals surface area contributed by atoms with Crippen LogP contribution >= 0.6 is 11.3 Å². The summed E-state index contributed by atoms with van der Waals surface area (Å²) < 4.78 is 27.1. The van der Waals surface area contributed by atoms with Gasteiger partial charge in [0.25, 0.3) is 0 Å². The SMILES string of the molecule is CC(C=Nc1nc(C2=NN3CCN(C(=O)OC(C)(C)C)CC3C2)c(-c2ccc(F)cc2OC(C)C)c2sccc12)=CN. The predicted molar refractivity (Wildman–Crippen MR) is 166 cm³/mol. The number of fused-ring (bicyclic) bond motifs is 2. The Balaban J connectivity index is 1.61. The van der Waals surface area contributed by atoms with Gasteiger partial charge in [0.2, 0.25) is 0 Å². The number of nitrogens with zero attached hydrogens (tertiary/aromatic N) is 5. The second kappa shape index (κ2) is 11.7. The molecule has 1 amide bonds. The number of hydrazone groups is 1. The first-order valence-corrected chi connectivity index (χ1v) is 14.9. The highest BCUT2D eigenvalue weighted by Gasteiger charge is 2.37. The van der Waals surface area contributed by atoms with Gasteiger partial charge in [-0.1, -0.05) is 0 Å². The van der Waals surface area contributed by atoms with E-state index in [9.17, 15) is 9.18 Å². The third kappa shape index (κ3) is 6.25. The Morgan fingerprint density at radius 3 is 2.76 bits per heavy atom. The van der Waals surface area contributed by atoms with Crippen LogP contribution in [0.4, 0.5) is 15.0 Å². The highest BCUT2D eigenvalue weighted by atomic mass is 32.1. The fourth-order valence-corrected chi connectivity index (χ4v) is 5.98. The van der Waals surface area contributed by atoms with Crippen LogP contribution in [0.3, 0.4) is 0 Å². The van der Waals surface area contributed by atoms with Crippen LogP contribution in [0.15, 0.2) is 51.5 Å². The van der Waals surface area contributed by atoms with E-state index < -0.39 is 5.60 Å². The number of ether oxygens (including phenoxy) is 2. The first kappa shape index (κ1) is 29.5. The number of benzene rings is 1. The van der Waals surface area contributed by atoms with Gasteiger partial charge in [0.15, 0.2) is 5.82 Å². The molecule has 4 heterocycles. The average molecular weight is 593 g/mol. The Kier molecular flexibility index (Phi) is 8.23. The molecule has 0 bridgehead atoms. The van der Waals surface area contributed by atoms with Crippen LogP contribution in [0.2, 0.25) is 0 Å². The second-order valence-corrected chi connectivity index (χ2v) is 12.7. The molecule has 2 aromatic heterocycles. The number of carbonyl (C=O) groups excluding carboxylic acids is 1. The summed E-state index contributed by atoms with van der Waals surface area (Å²) in [5, 5.41) is 9.89. The van der Waals surface area contributed by atoms with Crippen molar-refractivity contribution in [2.45, 2.75) is 65.7 Å². The van der Waals surface area contributed by atoms with E-state index in [0.717, 1.165) is 32.5 Å². The number of carbonyl (C=O) groups is 1. The molecule has 0 saturated carbocycles. The van der Waals surface area contributed by atoms with Crippen LogP contribution in [0, 0.1) is 5.82 Å². The van der Waals surface area contributed by atoms with Gasteiger partial charge in [0, 0.05) is 53.0 Å². The molecule has 9 nitrogen and oxygen atoms in total. The van der Waals surface area contributed by atoms with Crippen molar-refractivity contribution in [2.24, 2.45) is 15.8 Å². The van der Waals surface area contributed by atoms with Gasteiger partial charge in [-0.2, -0.15) is 5.10 Å². The van der Waals surface area contributed by atoms with E-state index in [1.54, 1.807) is 28.5 Å². The number of piperazine rings is 1. The van der Waals surface area contributed by atoms with Crippen molar-refractivity contribution >= 4 is 45.3 Å². The minimum atomic E-state index is -0.570. The van der Waals surface area contributed by atoms with Crippen molar-refractivity contribution in [3.63, 3.8) is 0 Å². The van der Waals surface area contributed by atoms with E-state index >= 15 is 0 Å². The van der Waals surface area contributed by atoms with E-state index in [0.29, 0.717) is 43.3 Å². The number of thiophene rings is 1. The summed E-state index contributed by atoms with van der Waals surface area (Å²) in [6, 6.07) is 6.55. The summed E-state index contributed by atoms with van der Waals surface area (Å²) in [5.41, 5.74) is 8.90. The molecule has 3 aromatic rings. The Bertz CT molecular complexity index is 1590. The molecule has 1 aromatic carbocycles. The van der Waals surface area contributed by atoms with Gasteiger partial charge in [0.1, 0.15) is 17.2 Å². The maximum atomic E-state index is 14.4. The van der Waals surface area contributed by atoms with Crippen molar-refractivity contribution in [3.8, 4) is 16.9 Å². The number of aromatic nitrogens is 1. The summed E-state index contributed by atoms with van der Waals surface area (Å²) in [5.74, 6) is 0.602. The summed E-state index contributed by atoms with van der Waals surface area (Å²) in [6.07, 6.45) is 3.27. The summed E-state index contributed by atoms with van der Waals surface area (Å²) in [6.45, 7) is 12.9. The lowest BCUT2D eigenvalue weighted by atomic mass is 9.96. The van der Waals surface area contributed by atoms with Gasteiger partial charge in [-0.15, -0.1) is 11.3 Å². The van der Waals surface area contributed by atoms with Crippen molar-refractivity contribution in [2.75, 3.05) is 19.6 Å². The van der Waals surface area contributed by atoms with Gasteiger partial charge in [-0.3, -0.25) is 5.01 Å². The van der Waals surface area contributed by atoms with Crippen molar-refractivity contribution in [1.29, 1.82) is 0 Å². The molecule has 0 spiro atoms. The number of aliphatic imine (C=N–C) groups is 1. The maximum Gasteiger partial charge on any atom is 0.410 e. The van der Waals surface area contributed by atoms with Crippen LogP contribution in [-0.2, 0) is 4.74 Å². The minimum Gasteiger partial charge on any atom is -0.490 e. The van der Waals surface area contributed by atoms with Gasteiger partial charge in [-0.25, -0.2) is 19.2 Å². The van der Waals surface area contributed by atoms with Crippen LogP contribution in [0.1, 0.15) is 53.7 Å². The molecule has 222 valence electrons. The second-order valence-electron chi connectivity index (χ2n) is 11.8. The zero-order valence-electron chi connectivity index (χ0n) is 24.8. The summed E-state index contributed by atoms with van der Waals surface area (Å²) >= 11 is 1.56.